The lowest BCUT2D eigenvalue weighted by molar-refractivity contribution is -0.126. The van der Waals surface area contributed by atoms with Crippen LogP contribution in [0.25, 0.3) is 11.4 Å². The minimum atomic E-state index is -0.0222. The van der Waals surface area contributed by atoms with Gasteiger partial charge in [0.05, 0.1) is 12.5 Å². The first-order chi connectivity index (χ1) is 16.1. The standard InChI is InChI=1S/C24H26Cl2N4O2S/c25-20-9-7-17(8-10-20)23-28-22(32-29-23)15-30-12-3-5-18(14-30)24(31)27-11-13-33-16-19-4-1-2-6-21(19)26/h1-2,4,6-10,18H,3,5,11-16H2,(H,27,31). The fourth-order valence-electron chi connectivity index (χ4n) is 3.83. The third-order valence-corrected chi connectivity index (χ3v) is 7.20. The molecule has 0 radical (unpaired) electrons. The number of carbonyl (C=O) groups is 1. The van der Waals surface area contributed by atoms with E-state index in [1.165, 1.54) is 0 Å². The van der Waals surface area contributed by atoms with Gasteiger partial charge in [-0.15, -0.1) is 0 Å². The number of hydrogen-bond donors (Lipinski definition) is 1. The second-order valence-electron chi connectivity index (χ2n) is 8.03. The van der Waals surface area contributed by atoms with Crippen LogP contribution in [0.15, 0.2) is 53.1 Å². The maximum absolute atomic E-state index is 12.7. The maximum Gasteiger partial charge on any atom is 0.241 e. The van der Waals surface area contributed by atoms with E-state index in [1.54, 1.807) is 23.9 Å². The summed E-state index contributed by atoms with van der Waals surface area (Å²) in [5, 5.41) is 8.62. The van der Waals surface area contributed by atoms with Gasteiger partial charge in [0.25, 0.3) is 0 Å². The predicted octanol–water partition coefficient (Wildman–Crippen LogP) is 5.31. The number of rotatable bonds is 9. The van der Waals surface area contributed by atoms with E-state index in [1.807, 2.05) is 36.4 Å². The number of amides is 1. The van der Waals surface area contributed by atoms with Crippen molar-refractivity contribution in [2.24, 2.45) is 5.92 Å². The molecule has 1 fully saturated rings. The zero-order chi connectivity index (χ0) is 23.0. The van der Waals surface area contributed by atoms with Gasteiger partial charge >= 0.3 is 0 Å². The molecule has 1 amide bonds. The summed E-state index contributed by atoms with van der Waals surface area (Å²) in [5.41, 5.74) is 1.98. The summed E-state index contributed by atoms with van der Waals surface area (Å²) in [7, 11) is 0. The molecule has 1 aliphatic heterocycles. The molecule has 1 N–H and O–H groups in total. The zero-order valence-electron chi connectivity index (χ0n) is 18.2. The van der Waals surface area contributed by atoms with E-state index in [-0.39, 0.29) is 11.8 Å². The Balaban J connectivity index is 1.20. The van der Waals surface area contributed by atoms with Crippen molar-refractivity contribution in [1.29, 1.82) is 0 Å². The van der Waals surface area contributed by atoms with Crippen LogP contribution in [0, 0.1) is 5.92 Å². The minimum absolute atomic E-state index is 0.0222. The van der Waals surface area contributed by atoms with E-state index in [0.29, 0.717) is 36.4 Å². The third-order valence-electron chi connectivity index (χ3n) is 5.57. The van der Waals surface area contributed by atoms with Crippen LogP contribution in [0.1, 0.15) is 24.3 Å². The second-order valence-corrected chi connectivity index (χ2v) is 9.98. The molecule has 0 aliphatic carbocycles. The lowest BCUT2D eigenvalue weighted by Gasteiger charge is -2.30. The number of likely N-dealkylation sites (tertiary alicyclic amines) is 1. The van der Waals surface area contributed by atoms with E-state index in [0.717, 1.165) is 47.0 Å². The largest absolute Gasteiger partial charge is 0.355 e. The third kappa shape index (κ3) is 6.96. The van der Waals surface area contributed by atoms with Gasteiger partial charge in [-0.3, -0.25) is 9.69 Å². The summed E-state index contributed by atoms with van der Waals surface area (Å²) in [6, 6.07) is 15.2. The van der Waals surface area contributed by atoms with Crippen molar-refractivity contribution in [2.75, 3.05) is 25.4 Å². The lowest BCUT2D eigenvalue weighted by Crippen LogP contribution is -2.43. The Kier molecular flexibility index (Phi) is 8.67. The Morgan fingerprint density at radius 1 is 1.18 bits per heavy atom. The first kappa shape index (κ1) is 24.1. The smallest absolute Gasteiger partial charge is 0.241 e. The van der Waals surface area contributed by atoms with Crippen LogP contribution in [0.3, 0.4) is 0 Å². The van der Waals surface area contributed by atoms with Gasteiger partial charge in [-0.2, -0.15) is 16.7 Å². The SMILES string of the molecule is O=C(NCCSCc1ccccc1Cl)C1CCCN(Cc2nc(-c3ccc(Cl)cc3)no2)C1. The van der Waals surface area contributed by atoms with Gasteiger partial charge in [0, 0.05) is 40.2 Å². The molecule has 1 aliphatic rings. The van der Waals surface area contributed by atoms with Crippen molar-refractivity contribution in [3.8, 4) is 11.4 Å². The molecule has 33 heavy (non-hydrogen) atoms. The number of nitrogens with one attached hydrogen (secondary N) is 1. The Morgan fingerprint density at radius 3 is 2.82 bits per heavy atom. The van der Waals surface area contributed by atoms with Crippen LogP contribution in [0.4, 0.5) is 0 Å². The van der Waals surface area contributed by atoms with Crippen molar-refractivity contribution < 1.29 is 9.32 Å². The van der Waals surface area contributed by atoms with Crippen molar-refractivity contribution in [3.63, 3.8) is 0 Å². The highest BCUT2D eigenvalue weighted by molar-refractivity contribution is 7.98. The van der Waals surface area contributed by atoms with Crippen LogP contribution in [0.5, 0.6) is 0 Å². The number of halogens is 2. The predicted molar refractivity (Wildman–Crippen MR) is 133 cm³/mol. The van der Waals surface area contributed by atoms with Gasteiger partial charge in [-0.05, 0) is 55.3 Å². The number of hydrogen-bond acceptors (Lipinski definition) is 6. The average Bonchev–Trinajstić information content (AvgIpc) is 3.29. The minimum Gasteiger partial charge on any atom is -0.355 e. The monoisotopic (exact) mass is 504 g/mol. The molecule has 9 heteroatoms. The Morgan fingerprint density at radius 2 is 2.00 bits per heavy atom. The molecular weight excluding hydrogens is 479 g/mol. The Hall–Kier alpha value is -2.06. The molecule has 3 aromatic rings. The molecule has 1 aromatic heterocycles. The number of thioether (sulfide) groups is 1. The van der Waals surface area contributed by atoms with Gasteiger partial charge < -0.3 is 9.84 Å². The van der Waals surface area contributed by atoms with Crippen LogP contribution in [0.2, 0.25) is 10.0 Å². The molecule has 1 atom stereocenters. The fourth-order valence-corrected chi connectivity index (χ4v) is 5.10. The molecular formula is C24H26Cl2N4O2S. The van der Waals surface area contributed by atoms with E-state index in [2.05, 4.69) is 20.4 Å². The summed E-state index contributed by atoms with van der Waals surface area (Å²) in [4.78, 5) is 19.4. The molecule has 0 bridgehead atoms. The molecule has 2 aromatic carbocycles. The average molecular weight is 505 g/mol. The highest BCUT2D eigenvalue weighted by atomic mass is 35.5. The number of piperidine rings is 1. The van der Waals surface area contributed by atoms with Crippen LogP contribution in [-0.4, -0.2) is 46.3 Å². The summed E-state index contributed by atoms with van der Waals surface area (Å²) >= 11 is 13.9. The lowest BCUT2D eigenvalue weighted by atomic mass is 9.97. The highest BCUT2D eigenvalue weighted by Gasteiger charge is 2.26. The molecule has 0 saturated carbocycles. The van der Waals surface area contributed by atoms with E-state index >= 15 is 0 Å². The molecule has 6 nitrogen and oxygen atoms in total. The van der Waals surface area contributed by atoms with Crippen molar-refractivity contribution in [3.05, 3.63) is 70.0 Å². The Bertz CT molecular complexity index is 1060. The van der Waals surface area contributed by atoms with Gasteiger partial charge in [-0.25, -0.2) is 0 Å². The molecule has 174 valence electrons. The topological polar surface area (TPSA) is 71.3 Å². The summed E-state index contributed by atoms with van der Waals surface area (Å²) in [5.74, 6) is 2.88. The van der Waals surface area contributed by atoms with Crippen molar-refractivity contribution in [2.45, 2.75) is 25.1 Å². The van der Waals surface area contributed by atoms with Gasteiger partial charge in [-0.1, -0.05) is 46.6 Å². The quantitative estimate of drug-likeness (QED) is 0.398. The molecule has 1 saturated heterocycles. The highest BCUT2D eigenvalue weighted by Crippen LogP contribution is 2.22. The van der Waals surface area contributed by atoms with Crippen molar-refractivity contribution in [1.82, 2.24) is 20.4 Å². The van der Waals surface area contributed by atoms with Crippen LogP contribution in [-0.2, 0) is 17.1 Å². The Labute approximate surface area is 208 Å². The van der Waals surface area contributed by atoms with Crippen LogP contribution < -0.4 is 5.32 Å². The molecule has 0 spiro atoms. The van der Waals surface area contributed by atoms with Gasteiger partial charge in [0.1, 0.15) is 0 Å². The van der Waals surface area contributed by atoms with E-state index in [4.69, 9.17) is 27.7 Å². The first-order valence-corrected chi connectivity index (χ1v) is 12.9. The normalized spacial score (nSPS) is 16.6. The first-order valence-electron chi connectivity index (χ1n) is 11.0. The summed E-state index contributed by atoms with van der Waals surface area (Å²) in [6.45, 7) is 2.80. The number of nitrogens with zero attached hydrogens (tertiary/aromatic N) is 3. The van der Waals surface area contributed by atoms with Gasteiger partial charge in [0.15, 0.2) is 0 Å². The number of aromatic nitrogens is 2. The number of carbonyl (C=O) groups excluding carboxylic acids is 1. The molecule has 1 unspecified atom stereocenters. The zero-order valence-corrected chi connectivity index (χ0v) is 20.5. The van der Waals surface area contributed by atoms with Crippen molar-refractivity contribution >= 4 is 40.9 Å². The fraction of sp³-hybridized carbons (Fsp3) is 0.375. The molecule has 4 rings (SSSR count). The summed E-state index contributed by atoms with van der Waals surface area (Å²) < 4.78 is 5.44. The molecule has 2 heterocycles. The van der Waals surface area contributed by atoms with Crippen LogP contribution >= 0.6 is 35.0 Å². The van der Waals surface area contributed by atoms with Gasteiger partial charge in [0.2, 0.25) is 17.6 Å². The maximum atomic E-state index is 12.7. The number of benzene rings is 2. The summed E-state index contributed by atoms with van der Waals surface area (Å²) in [6.07, 6.45) is 1.87. The van der Waals surface area contributed by atoms with E-state index < -0.39 is 0 Å². The van der Waals surface area contributed by atoms with E-state index in [9.17, 15) is 4.79 Å². The second kappa shape index (κ2) is 11.9.